The summed E-state index contributed by atoms with van der Waals surface area (Å²) in [6, 6.07) is 0.0512. The summed E-state index contributed by atoms with van der Waals surface area (Å²) in [4.78, 5) is 37.0. The van der Waals surface area contributed by atoms with Crippen molar-refractivity contribution in [1.82, 2.24) is 9.80 Å². The van der Waals surface area contributed by atoms with Crippen LogP contribution in [0, 0.1) is 0 Å². The number of imide groups is 1. The Morgan fingerprint density at radius 2 is 1.89 bits per heavy atom. The number of carboxylic acid groups (broad SMARTS) is 1. The molecule has 18 heavy (non-hydrogen) atoms. The van der Waals surface area contributed by atoms with Gasteiger partial charge in [0.25, 0.3) is 0 Å². The van der Waals surface area contributed by atoms with Gasteiger partial charge in [0.1, 0.15) is 0 Å². The molecular formula is C12H18N2O4. The number of carbonyl (C=O) groups is 3. The highest BCUT2D eigenvalue weighted by Gasteiger charge is 2.31. The van der Waals surface area contributed by atoms with Crippen LogP contribution in [0.2, 0.25) is 0 Å². The molecule has 6 heteroatoms. The van der Waals surface area contributed by atoms with Crippen molar-refractivity contribution in [2.75, 3.05) is 19.6 Å². The van der Waals surface area contributed by atoms with Crippen LogP contribution in [-0.4, -0.2) is 58.4 Å². The third kappa shape index (κ3) is 2.87. The minimum atomic E-state index is -0.791. The molecule has 1 unspecified atom stereocenters. The lowest BCUT2D eigenvalue weighted by Gasteiger charge is -2.25. The Bertz CT molecular complexity index is 353. The van der Waals surface area contributed by atoms with Gasteiger partial charge in [0, 0.05) is 32.0 Å². The second-order valence-electron chi connectivity index (χ2n) is 4.87. The molecule has 0 radical (unpaired) electrons. The van der Waals surface area contributed by atoms with Gasteiger partial charge in [-0.2, -0.15) is 0 Å². The van der Waals surface area contributed by atoms with E-state index in [0.29, 0.717) is 25.9 Å². The first kappa shape index (κ1) is 13.0. The van der Waals surface area contributed by atoms with Crippen LogP contribution >= 0.6 is 0 Å². The summed E-state index contributed by atoms with van der Waals surface area (Å²) in [5, 5.41) is 8.81. The summed E-state index contributed by atoms with van der Waals surface area (Å²) >= 11 is 0. The fourth-order valence-electron chi connectivity index (χ4n) is 2.72. The number of amides is 2. The lowest BCUT2D eigenvalue weighted by atomic mass is 10.1. The topological polar surface area (TPSA) is 77.9 Å². The van der Waals surface area contributed by atoms with Crippen molar-refractivity contribution >= 4 is 17.8 Å². The summed E-state index contributed by atoms with van der Waals surface area (Å²) < 4.78 is 0. The van der Waals surface area contributed by atoms with Gasteiger partial charge < -0.3 is 5.11 Å². The molecule has 2 heterocycles. The summed E-state index contributed by atoms with van der Waals surface area (Å²) in [6.07, 6.45) is 2.64. The molecule has 1 N–H and O–H groups in total. The van der Waals surface area contributed by atoms with E-state index in [1.165, 1.54) is 4.90 Å². The highest BCUT2D eigenvalue weighted by atomic mass is 16.4. The van der Waals surface area contributed by atoms with Crippen LogP contribution in [-0.2, 0) is 14.4 Å². The molecule has 0 spiro atoms. The zero-order valence-corrected chi connectivity index (χ0v) is 10.3. The Balaban J connectivity index is 1.83. The van der Waals surface area contributed by atoms with Gasteiger partial charge in [0.2, 0.25) is 11.8 Å². The van der Waals surface area contributed by atoms with E-state index in [1.807, 2.05) is 0 Å². The van der Waals surface area contributed by atoms with Crippen LogP contribution in [0.15, 0.2) is 0 Å². The zero-order chi connectivity index (χ0) is 13.1. The van der Waals surface area contributed by atoms with Crippen molar-refractivity contribution in [2.24, 2.45) is 0 Å². The van der Waals surface area contributed by atoms with Gasteiger partial charge in [-0.3, -0.25) is 24.2 Å². The second-order valence-corrected chi connectivity index (χ2v) is 4.87. The Morgan fingerprint density at radius 3 is 2.50 bits per heavy atom. The zero-order valence-electron chi connectivity index (χ0n) is 10.3. The fraction of sp³-hybridized carbons (Fsp3) is 0.750. The molecule has 0 aliphatic carbocycles. The number of carboxylic acids is 1. The summed E-state index contributed by atoms with van der Waals surface area (Å²) in [5.41, 5.74) is 0. The lowest BCUT2D eigenvalue weighted by Crippen LogP contribution is -2.40. The minimum Gasteiger partial charge on any atom is -0.481 e. The van der Waals surface area contributed by atoms with Gasteiger partial charge >= 0.3 is 5.97 Å². The predicted octanol–water partition coefficient (Wildman–Crippen LogP) is 0.0745. The molecule has 0 aromatic heterocycles. The van der Waals surface area contributed by atoms with E-state index in [9.17, 15) is 14.4 Å². The standard InChI is InChI=1S/C12H18N2O4/c15-10-3-4-11(16)14(10)7-6-13-5-1-2-9(13)8-12(17)18/h9H,1-8H2,(H,17,18). The van der Waals surface area contributed by atoms with Gasteiger partial charge in [-0.05, 0) is 19.4 Å². The summed E-state index contributed by atoms with van der Waals surface area (Å²) in [6.45, 7) is 1.84. The Labute approximate surface area is 106 Å². The van der Waals surface area contributed by atoms with Crippen molar-refractivity contribution in [1.29, 1.82) is 0 Å². The van der Waals surface area contributed by atoms with Crippen LogP contribution in [0.25, 0.3) is 0 Å². The maximum atomic E-state index is 11.4. The number of hydrogen-bond acceptors (Lipinski definition) is 4. The van der Waals surface area contributed by atoms with Crippen molar-refractivity contribution in [3.05, 3.63) is 0 Å². The van der Waals surface area contributed by atoms with Crippen molar-refractivity contribution in [2.45, 2.75) is 38.1 Å². The van der Waals surface area contributed by atoms with E-state index in [0.717, 1.165) is 19.4 Å². The Hall–Kier alpha value is -1.43. The maximum Gasteiger partial charge on any atom is 0.304 e. The largest absolute Gasteiger partial charge is 0.481 e. The van der Waals surface area contributed by atoms with E-state index >= 15 is 0 Å². The van der Waals surface area contributed by atoms with E-state index in [2.05, 4.69) is 4.90 Å². The fourth-order valence-corrected chi connectivity index (χ4v) is 2.72. The number of aliphatic carboxylic acids is 1. The van der Waals surface area contributed by atoms with Gasteiger partial charge in [-0.1, -0.05) is 0 Å². The number of likely N-dealkylation sites (tertiary alicyclic amines) is 2. The predicted molar refractivity (Wildman–Crippen MR) is 62.8 cm³/mol. The Kier molecular flexibility index (Phi) is 3.96. The quantitative estimate of drug-likeness (QED) is 0.703. The minimum absolute atomic E-state index is 0.0512. The van der Waals surface area contributed by atoms with Gasteiger partial charge in [-0.15, -0.1) is 0 Å². The molecule has 6 nitrogen and oxygen atoms in total. The smallest absolute Gasteiger partial charge is 0.304 e. The molecule has 2 fully saturated rings. The first-order valence-electron chi connectivity index (χ1n) is 6.37. The van der Waals surface area contributed by atoms with Crippen LogP contribution in [0.5, 0.6) is 0 Å². The highest BCUT2D eigenvalue weighted by molar-refractivity contribution is 6.01. The van der Waals surface area contributed by atoms with Crippen LogP contribution in [0.4, 0.5) is 0 Å². The summed E-state index contributed by atoms with van der Waals surface area (Å²) in [7, 11) is 0. The van der Waals surface area contributed by atoms with Gasteiger partial charge in [0.05, 0.1) is 6.42 Å². The molecule has 100 valence electrons. The molecule has 0 aromatic rings. The number of nitrogens with zero attached hydrogens (tertiary/aromatic N) is 2. The third-order valence-corrected chi connectivity index (χ3v) is 3.67. The van der Waals surface area contributed by atoms with E-state index in [4.69, 9.17) is 5.11 Å². The van der Waals surface area contributed by atoms with Gasteiger partial charge in [0.15, 0.2) is 0 Å². The lowest BCUT2D eigenvalue weighted by molar-refractivity contribution is -0.140. The molecule has 1 atom stereocenters. The highest BCUT2D eigenvalue weighted by Crippen LogP contribution is 2.20. The molecule has 0 aromatic carbocycles. The molecule has 2 saturated heterocycles. The van der Waals surface area contributed by atoms with E-state index in [-0.39, 0.29) is 24.3 Å². The normalized spacial score (nSPS) is 25.1. The number of carbonyl (C=O) groups excluding carboxylic acids is 2. The van der Waals surface area contributed by atoms with Crippen molar-refractivity contribution < 1.29 is 19.5 Å². The monoisotopic (exact) mass is 254 g/mol. The van der Waals surface area contributed by atoms with Crippen molar-refractivity contribution in [3.63, 3.8) is 0 Å². The average molecular weight is 254 g/mol. The van der Waals surface area contributed by atoms with Crippen LogP contribution in [0.1, 0.15) is 32.1 Å². The van der Waals surface area contributed by atoms with E-state index < -0.39 is 5.97 Å². The van der Waals surface area contributed by atoms with Gasteiger partial charge in [-0.25, -0.2) is 0 Å². The summed E-state index contributed by atoms with van der Waals surface area (Å²) in [5.74, 6) is -0.997. The molecule has 2 amide bonds. The third-order valence-electron chi connectivity index (χ3n) is 3.67. The van der Waals surface area contributed by atoms with E-state index in [1.54, 1.807) is 0 Å². The molecule has 0 bridgehead atoms. The first-order chi connectivity index (χ1) is 8.58. The van der Waals surface area contributed by atoms with Crippen LogP contribution < -0.4 is 0 Å². The Morgan fingerprint density at radius 1 is 1.22 bits per heavy atom. The average Bonchev–Trinajstić information content (AvgIpc) is 2.85. The van der Waals surface area contributed by atoms with Crippen molar-refractivity contribution in [3.8, 4) is 0 Å². The second kappa shape index (κ2) is 5.48. The molecular weight excluding hydrogens is 236 g/mol. The van der Waals surface area contributed by atoms with Crippen LogP contribution in [0.3, 0.4) is 0 Å². The number of rotatable bonds is 5. The molecule has 2 aliphatic rings. The number of hydrogen-bond donors (Lipinski definition) is 1. The SMILES string of the molecule is O=C(O)CC1CCCN1CCN1C(=O)CCC1=O. The molecule has 0 saturated carbocycles. The molecule has 2 aliphatic heterocycles. The first-order valence-corrected chi connectivity index (χ1v) is 6.37. The molecule has 2 rings (SSSR count). The maximum absolute atomic E-state index is 11.4.